The van der Waals surface area contributed by atoms with Gasteiger partial charge in [-0.05, 0) is 31.4 Å². The number of ether oxygens (including phenoxy) is 2. The Bertz CT molecular complexity index is 1120. The van der Waals surface area contributed by atoms with E-state index in [1.807, 2.05) is 0 Å². The van der Waals surface area contributed by atoms with E-state index >= 15 is 0 Å². The molecule has 3 aromatic rings. The van der Waals surface area contributed by atoms with Gasteiger partial charge in [0.2, 0.25) is 0 Å². The summed E-state index contributed by atoms with van der Waals surface area (Å²) in [7, 11) is 0. The third kappa shape index (κ3) is 3.95. The van der Waals surface area contributed by atoms with Crippen LogP contribution >= 0.6 is 0 Å². The summed E-state index contributed by atoms with van der Waals surface area (Å²) in [6.07, 6.45) is 0. The number of esters is 2. The van der Waals surface area contributed by atoms with Gasteiger partial charge in [-0.3, -0.25) is 0 Å². The molecule has 0 spiro atoms. The second-order valence-electron chi connectivity index (χ2n) is 5.94. The van der Waals surface area contributed by atoms with Crippen molar-refractivity contribution in [2.24, 2.45) is 0 Å². The minimum atomic E-state index is -0.644. The Morgan fingerprint density at radius 1 is 1.00 bits per heavy atom. The average Bonchev–Trinajstić information content (AvgIpc) is 2.60. The van der Waals surface area contributed by atoms with Crippen LogP contribution in [0.4, 0.5) is 0 Å². The summed E-state index contributed by atoms with van der Waals surface area (Å²) in [5.74, 6) is -0.463. The predicted octanol–water partition coefficient (Wildman–Crippen LogP) is 3.80. The van der Waals surface area contributed by atoms with Crippen LogP contribution in [0.5, 0.6) is 11.5 Å². The maximum absolute atomic E-state index is 12.6. The second-order valence-corrected chi connectivity index (χ2v) is 5.94. The molecule has 27 heavy (non-hydrogen) atoms. The maximum Gasteiger partial charge on any atom is 0.344 e. The van der Waals surface area contributed by atoms with Crippen molar-refractivity contribution in [1.82, 2.24) is 0 Å². The van der Waals surface area contributed by atoms with Gasteiger partial charge in [-0.15, -0.1) is 0 Å². The predicted molar refractivity (Wildman–Crippen MR) is 99.1 cm³/mol. The van der Waals surface area contributed by atoms with Crippen LogP contribution in [0.3, 0.4) is 0 Å². The Labute approximate surface area is 154 Å². The molecule has 0 unspecified atom stereocenters. The highest BCUT2D eigenvalue weighted by atomic mass is 16.5. The zero-order chi connectivity index (χ0) is 19.6. The standard InChI is InChI=1S/C21H16O6/c1-12(2)20(23)27-18-9-8-17(15-6-4-5-7-16(15)18)21(24)26-14-10-13(3)25-19(22)11-14/h4-11H,1H2,2-3H3. The molecule has 136 valence electrons. The summed E-state index contributed by atoms with van der Waals surface area (Å²) in [4.78, 5) is 35.9. The van der Waals surface area contributed by atoms with Crippen molar-refractivity contribution in [2.75, 3.05) is 0 Å². The van der Waals surface area contributed by atoms with E-state index in [1.165, 1.54) is 18.2 Å². The summed E-state index contributed by atoms with van der Waals surface area (Å²) in [5.41, 5.74) is -0.0721. The molecule has 1 aromatic heterocycles. The lowest BCUT2D eigenvalue weighted by Gasteiger charge is -2.11. The molecule has 0 saturated carbocycles. The minimum absolute atomic E-state index is 0.0932. The molecule has 1 heterocycles. The molecular formula is C21H16O6. The summed E-state index contributed by atoms with van der Waals surface area (Å²) >= 11 is 0. The zero-order valence-corrected chi connectivity index (χ0v) is 14.8. The molecule has 0 aliphatic carbocycles. The highest BCUT2D eigenvalue weighted by Gasteiger charge is 2.17. The molecule has 0 aliphatic heterocycles. The van der Waals surface area contributed by atoms with Crippen LogP contribution in [0.25, 0.3) is 10.8 Å². The Hall–Kier alpha value is -3.67. The average molecular weight is 364 g/mol. The van der Waals surface area contributed by atoms with E-state index < -0.39 is 17.6 Å². The maximum atomic E-state index is 12.6. The van der Waals surface area contributed by atoms with Crippen molar-refractivity contribution in [3.63, 3.8) is 0 Å². The first kappa shape index (κ1) is 18.1. The van der Waals surface area contributed by atoms with E-state index in [1.54, 1.807) is 38.1 Å². The van der Waals surface area contributed by atoms with Gasteiger partial charge in [-0.1, -0.05) is 30.8 Å². The van der Waals surface area contributed by atoms with E-state index in [-0.39, 0.29) is 16.9 Å². The quantitative estimate of drug-likeness (QED) is 0.398. The molecule has 2 aromatic carbocycles. The number of carbonyl (C=O) groups is 2. The van der Waals surface area contributed by atoms with Gasteiger partial charge in [-0.2, -0.15) is 0 Å². The lowest BCUT2D eigenvalue weighted by Crippen LogP contribution is -2.12. The number of carbonyl (C=O) groups excluding carboxylic acids is 2. The molecule has 0 atom stereocenters. The van der Waals surface area contributed by atoms with Crippen LogP contribution in [0.15, 0.2) is 69.9 Å². The van der Waals surface area contributed by atoms with Gasteiger partial charge in [0.05, 0.1) is 11.6 Å². The molecule has 3 rings (SSSR count). The minimum Gasteiger partial charge on any atom is -0.428 e. The summed E-state index contributed by atoms with van der Waals surface area (Å²) in [6.45, 7) is 6.69. The van der Waals surface area contributed by atoms with Crippen molar-refractivity contribution >= 4 is 22.7 Å². The van der Waals surface area contributed by atoms with Crippen LogP contribution in [-0.4, -0.2) is 11.9 Å². The van der Waals surface area contributed by atoms with Gasteiger partial charge < -0.3 is 13.9 Å². The third-order valence-corrected chi connectivity index (χ3v) is 3.73. The highest BCUT2D eigenvalue weighted by Crippen LogP contribution is 2.30. The number of aryl methyl sites for hydroxylation is 1. The Morgan fingerprint density at radius 3 is 2.37 bits per heavy atom. The monoisotopic (exact) mass is 364 g/mol. The van der Waals surface area contributed by atoms with E-state index in [9.17, 15) is 14.4 Å². The van der Waals surface area contributed by atoms with Gasteiger partial charge in [0, 0.05) is 17.0 Å². The molecule has 0 fully saturated rings. The number of benzene rings is 2. The van der Waals surface area contributed by atoms with Crippen LogP contribution in [0, 0.1) is 6.92 Å². The largest absolute Gasteiger partial charge is 0.428 e. The van der Waals surface area contributed by atoms with Crippen LogP contribution in [0.1, 0.15) is 23.0 Å². The van der Waals surface area contributed by atoms with Gasteiger partial charge >= 0.3 is 17.6 Å². The topological polar surface area (TPSA) is 82.8 Å². The second kappa shape index (κ2) is 7.29. The summed E-state index contributed by atoms with van der Waals surface area (Å²) < 4.78 is 15.5. The molecule has 0 saturated heterocycles. The van der Waals surface area contributed by atoms with Crippen molar-refractivity contribution in [3.05, 3.63) is 82.4 Å². The van der Waals surface area contributed by atoms with Gasteiger partial charge in [0.1, 0.15) is 17.3 Å². The van der Waals surface area contributed by atoms with E-state index in [4.69, 9.17) is 13.9 Å². The van der Waals surface area contributed by atoms with E-state index in [0.717, 1.165) is 6.07 Å². The van der Waals surface area contributed by atoms with Gasteiger partial charge in [0.15, 0.2) is 0 Å². The Morgan fingerprint density at radius 2 is 1.70 bits per heavy atom. The Kier molecular flexibility index (Phi) is 4.90. The van der Waals surface area contributed by atoms with Crippen molar-refractivity contribution in [3.8, 4) is 11.5 Å². The van der Waals surface area contributed by atoms with Crippen LogP contribution in [0.2, 0.25) is 0 Å². The Balaban J connectivity index is 2.00. The molecule has 6 heteroatoms. The SMILES string of the molecule is C=C(C)C(=O)Oc1ccc(C(=O)Oc2cc(C)oc(=O)c2)c2ccccc12. The summed E-state index contributed by atoms with van der Waals surface area (Å²) in [5, 5.41) is 1.12. The zero-order valence-electron chi connectivity index (χ0n) is 14.8. The van der Waals surface area contributed by atoms with E-state index in [2.05, 4.69) is 6.58 Å². The molecule has 0 amide bonds. The van der Waals surface area contributed by atoms with Crippen molar-refractivity contribution in [2.45, 2.75) is 13.8 Å². The molecule has 0 aliphatic rings. The first-order valence-corrected chi connectivity index (χ1v) is 8.08. The van der Waals surface area contributed by atoms with Crippen molar-refractivity contribution in [1.29, 1.82) is 0 Å². The molecular weight excluding hydrogens is 348 g/mol. The molecule has 0 N–H and O–H groups in total. The fraction of sp³-hybridized carbons (Fsp3) is 0.0952. The van der Waals surface area contributed by atoms with Crippen molar-refractivity contribution < 1.29 is 23.5 Å². The molecule has 0 radical (unpaired) electrons. The number of fused-ring (bicyclic) bond motifs is 1. The number of hydrogen-bond donors (Lipinski definition) is 0. The first-order chi connectivity index (χ1) is 12.8. The normalized spacial score (nSPS) is 10.4. The first-order valence-electron chi connectivity index (χ1n) is 8.08. The van der Waals surface area contributed by atoms with Crippen LogP contribution in [-0.2, 0) is 4.79 Å². The van der Waals surface area contributed by atoms with E-state index in [0.29, 0.717) is 22.3 Å². The van der Waals surface area contributed by atoms with Gasteiger partial charge in [0.25, 0.3) is 0 Å². The highest BCUT2D eigenvalue weighted by molar-refractivity contribution is 6.07. The lowest BCUT2D eigenvalue weighted by atomic mass is 10.0. The molecule has 0 bridgehead atoms. The molecule has 6 nitrogen and oxygen atoms in total. The summed E-state index contributed by atoms with van der Waals surface area (Å²) in [6, 6.07) is 12.5. The smallest absolute Gasteiger partial charge is 0.344 e. The number of hydrogen-bond acceptors (Lipinski definition) is 6. The third-order valence-electron chi connectivity index (χ3n) is 3.73. The lowest BCUT2D eigenvalue weighted by molar-refractivity contribution is -0.129. The van der Waals surface area contributed by atoms with Crippen LogP contribution < -0.4 is 15.1 Å². The number of rotatable bonds is 4. The fourth-order valence-corrected chi connectivity index (χ4v) is 2.52. The van der Waals surface area contributed by atoms with Gasteiger partial charge in [-0.25, -0.2) is 14.4 Å². The fourth-order valence-electron chi connectivity index (χ4n) is 2.52.